The lowest BCUT2D eigenvalue weighted by atomic mass is 10.2. The standard InChI is InChI=1S/C11H15N3O3S/c1-18(16,17)13-9-3-2-4-10(6-9)14-7-8(12)5-11(14)15/h2-4,6,8,13H,5,7,12H2,1H3. The molecule has 1 saturated heterocycles. The second kappa shape index (κ2) is 4.58. The summed E-state index contributed by atoms with van der Waals surface area (Å²) >= 11 is 0. The van der Waals surface area contributed by atoms with Gasteiger partial charge in [0.15, 0.2) is 0 Å². The van der Waals surface area contributed by atoms with Crippen LogP contribution in [-0.4, -0.2) is 33.2 Å². The number of amides is 1. The Bertz CT molecular complexity index is 571. The maximum atomic E-state index is 11.7. The zero-order chi connectivity index (χ0) is 13.3. The summed E-state index contributed by atoms with van der Waals surface area (Å²) < 4.78 is 24.6. The first-order chi connectivity index (χ1) is 8.35. The Labute approximate surface area is 106 Å². The zero-order valence-corrected chi connectivity index (χ0v) is 10.8. The average Bonchev–Trinajstić information content (AvgIpc) is 2.55. The van der Waals surface area contributed by atoms with Gasteiger partial charge in [0.1, 0.15) is 0 Å². The number of sulfonamides is 1. The van der Waals surface area contributed by atoms with Crippen molar-refractivity contribution in [2.24, 2.45) is 5.73 Å². The van der Waals surface area contributed by atoms with E-state index in [1.807, 2.05) is 0 Å². The fraction of sp³-hybridized carbons (Fsp3) is 0.364. The molecule has 0 aromatic heterocycles. The van der Waals surface area contributed by atoms with Crippen molar-refractivity contribution in [1.29, 1.82) is 0 Å². The molecule has 0 radical (unpaired) electrons. The molecule has 1 aliphatic rings. The van der Waals surface area contributed by atoms with Gasteiger partial charge in [0.2, 0.25) is 15.9 Å². The first kappa shape index (κ1) is 12.8. The number of hydrogen-bond donors (Lipinski definition) is 2. The van der Waals surface area contributed by atoms with E-state index in [1.54, 1.807) is 29.2 Å². The van der Waals surface area contributed by atoms with Crippen molar-refractivity contribution in [3.63, 3.8) is 0 Å². The average molecular weight is 269 g/mol. The van der Waals surface area contributed by atoms with E-state index >= 15 is 0 Å². The predicted molar refractivity (Wildman–Crippen MR) is 69.9 cm³/mol. The molecular formula is C11H15N3O3S. The molecule has 7 heteroatoms. The molecule has 1 amide bonds. The summed E-state index contributed by atoms with van der Waals surface area (Å²) in [7, 11) is -3.32. The highest BCUT2D eigenvalue weighted by Gasteiger charge is 2.28. The maximum Gasteiger partial charge on any atom is 0.229 e. The summed E-state index contributed by atoms with van der Waals surface area (Å²) in [6, 6.07) is 6.54. The number of carbonyl (C=O) groups excluding carboxylic acids is 1. The van der Waals surface area contributed by atoms with Crippen LogP contribution in [0.25, 0.3) is 0 Å². The summed E-state index contributed by atoms with van der Waals surface area (Å²) in [5.41, 5.74) is 6.81. The van der Waals surface area contributed by atoms with Crippen molar-refractivity contribution in [2.75, 3.05) is 22.4 Å². The maximum absolute atomic E-state index is 11.7. The van der Waals surface area contributed by atoms with Crippen molar-refractivity contribution in [3.05, 3.63) is 24.3 Å². The lowest BCUT2D eigenvalue weighted by Crippen LogP contribution is -2.28. The molecule has 0 saturated carbocycles. The number of benzene rings is 1. The number of nitrogens with two attached hydrogens (primary N) is 1. The second-order valence-corrected chi connectivity index (χ2v) is 6.14. The van der Waals surface area contributed by atoms with Gasteiger partial charge in [-0.3, -0.25) is 9.52 Å². The van der Waals surface area contributed by atoms with Crippen LogP contribution >= 0.6 is 0 Å². The van der Waals surface area contributed by atoms with Crippen LogP contribution in [0.5, 0.6) is 0 Å². The normalized spacial score (nSPS) is 20.2. The summed E-state index contributed by atoms with van der Waals surface area (Å²) in [4.78, 5) is 13.3. The van der Waals surface area contributed by atoms with Crippen molar-refractivity contribution >= 4 is 27.3 Å². The third kappa shape index (κ3) is 2.99. The van der Waals surface area contributed by atoms with Crippen molar-refractivity contribution in [1.82, 2.24) is 0 Å². The number of carbonyl (C=O) groups is 1. The monoisotopic (exact) mass is 269 g/mol. The van der Waals surface area contributed by atoms with Crippen LogP contribution in [0, 0.1) is 0 Å². The predicted octanol–water partition coefficient (Wildman–Crippen LogP) is 0.122. The number of rotatable bonds is 3. The zero-order valence-electron chi connectivity index (χ0n) is 9.96. The Hall–Kier alpha value is -1.60. The van der Waals surface area contributed by atoms with Gasteiger partial charge >= 0.3 is 0 Å². The number of nitrogens with one attached hydrogen (secondary N) is 1. The van der Waals surface area contributed by atoms with Gasteiger partial charge in [-0.1, -0.05) is 6.07 Å². The quantitative estimate of drug-likeness (QED) is 0.815. The van der Waals surface area contributed by atoms with E-state index in [1.165, 1.54) is 0 Å². The summed E-state index contributed by atoms with van der Waals surface area (Å²) in [5, 5.41) is 0. The van der Waals surface area contributed by atoms with Gasteiger partial charge in [0.25, 0.3) is 0 Å². The third-order valence-corrected chi connectivity index (χ3v) is 3.22. The molecule has 18 heavy (non-hydrogen) atoms. The first-order valence-electron chi connectivity index (χ1n) is 5.49. The molecule has 3 N–H and O–H groups in total. The van der Waals surface area contributed by atoms with Gasteiger partial charge in [0, 0.05) is 24.7 Å². The topological polar surface area (TPSA) is 92.5 Å². The van der Waals surface area contributed by atoms with Crippen molar-refractivity contribution in [2.45, 2.75) is 12.5 Å². The van der Waals surface area contributed by atoms with Crippen LogP contribution in [0.2, 0.25) is 0 Å². The molecule has 1 atom stereocenters. The van der Waals surface area contributed by atoms with Gasteiger partial charge < -0.3 is 10.6 Å². The molecule has 1 fully saturated rings. The number of anilines is 2. The molecule has 2 rings (SSSR count). The van der Waals surface area contributed by atoms with Crippen LogP contribution < -0.4 is 15.4 Å². The highest BCUT2D eigenvalue weighted by molar-refractivity contribution is 7.92. The summed E-state index contributed by atoms with van der Waals surface area (Å²) in [5.74, 6) is -0.0426. The van der Waals surface area contributed by atoms with E-state index in [4.69, 9.17) is 5.73 Å². The lowest BCUT2D eigenvalue weighted by molar-refractivity contribution is -0.117. The Morgan fingerprint density at radius 2 is 2.17 bits per heavy atom. The molecule has 6 nitrogen and oxygen atoms in total. The minimum absolute atomic E-state index is 0.0426. The summed E-state index contributed by atoms with van der Waals surface area (Å²) in [6.07, 6.45) is 1.40. The van der Waals surface area contributed by atoms with Crippen molar-refractivity contribution < 1.29 is 13.2 Å². The molecule has 0 bridgehead atoms. The van der Waals surface area contributed by atoms with Gasteiger partial charge in [-0.05, 0) is 18.2 Å². The largest absolute Gasteiger partial charge is 0.326 e. The Morgan fingerprint density at radius 3 is 2.72 bits per heavy atom. The van der Waals surface area contributed by atoms with Crippen molar-refractivity contribution in [3.8, 4) is 0 Å². The molecule has 98 valence electrons. The fourth-order valence-corrected chi connectivity index (χ4v) is 2.49. The highest BCUT2D eigenvalue weighted by atomic mass is 32.2. The number of hydrogen-bond acceptors (Lipinski definition) is 4. The van der Waals surface area contributed by atoms with Crippen LogP contribution in [0.1, 0.15) is 6.42 Å². The molecule has 0 spiro atoms. The SMILES string of the molecule is CS(=O)(=O)Nc1cccc(N2CC(N)CC2=O)c1. The first-order valence-corrected chi connectivity index (χ1v) is 7.38. The minimum atomic E-state index is -3.32. The Morgan fingerprint density at radius 1 is 1.44 bits per heavy atom. The molecule has 1 aromatic carbocycles. The van der Waals surface area contributed by atoms with Crippen LogP contribution in [0.3, 0.4) is 0 Å². The van der Waals surface area contributed by atoms with E-state index in [0.717, 1.165) is 6.26 Å². The van der Waals surface area contributed by atoms with E-state index < -0.39 is 10.0 Å². The fourth-order valence-electron chi connectivity index (χ4n) is 1.94. The van der Waals surface area contributed by atoms with Gasteiger partial charge in [-0.2, -0.15) is 0 Å². The van der Waals surface area contributed by atoms with E-state index in [2.05, 4.69) is 4.72 Å². The van der Waals surface area contributed by atoms with Gasteiger partial charge in [-0.15, -0.1) is 0 Å². The Kier molecular flexibility index (Phi) is 3.27. The van der Waals surface area contributed by atoms with Crippen LogP contribution in [0.15, 0.2) is 24.3 Å². The van der Waals surface area contributed by atoms with E-state index in [0.29, 0.717) is 24.3 Å². The second-order valence-electron chi connectivity index (χ2n) is 4.39. The molecule has 1 unspecified atom stereocenters. The lowest BCUT2D eigenvalue weighted by Gasteiger charge is -2.17. The Balaban J connectivity index is 2.25. The molecule has 1 heterocycles. The molecular weight excluding hydrogens is 254 g/mol. The number of nitrogens with zero attached hydrogens (tertiary/aromatic N) is 1. The van der Waals surface area contributed by atoms with Crippen LogP contribution in [0.4, 0.5) is 11.4 Å². The van der Waals surface area contributed by atoms with Crippen LogP contribution in [-0.2, 0) is 14.8 Å². The van der Waals surface area contributed by atoms with E-state index in [9.17, 15) is 13.2 Å². The molecule has 0 aliphatic carbocycles. The third-order valence-electron chi connectivity index (χ3n) is 2.62. The molecule has 1 aliphatic heterocycles. The highest BCUT2D eigenvalue weighted by Crippen LogP contribution is 2.24. The molecule has 1 aromatic rings. The summed E-state index contributed by atoms with van der Waals surface area (Å²) in [6.45, 7) is 0.459. The van der Waals surface area contributed by atoms with E-state index in [-0.39, 0.29) is 11.9 Å². The van der Waals surface area contributed by atoms with Gasteiger partial charge in [0.05, 0.1) is 11.9 Å². The minimum Gasteiger partial charge on any atom is -0.326 e. The smallest absolute Gasteiger partial charge is 0.229 e. The van der Waals surface area contributed by atoms with Gasteiger partial charge in [-0.25, -0.2) is 8.42 Å².